The van der Waals surface area contributed by atoms with Crippen LogP contribution in [0, 0.1) is 0 Å². The molecule has 0 unspecified atom stereocenters. The second kappa shape index (κ2) is 5.76. The van der Waals surface area contributed by atoms with Gasteiger partial charge in [-0.25, -0.2) is 4.79 Å². The summed E-state index contributed by atoms with van der Waals surface area (Å²) in [6, 6.07) is 2.11. The zero-order valence-corrected chi connectivity index (χ0v) is 11.4. The number of carboxylic acid groups (broad SMARTS) is 1. The Morgan fingerprint density at radius 3 is 2.04 bits per heavy atom. The van der Waals surface area contributed by atoms with E-state index < -0.39 is 51.5 Å². The lowest BCUT2D eigenvalue weighted by molar-refractivity contribution is -0.142. The largest absolute Gasteiger partial charge is 1.00 e. The molecule has 2 aromatic rings. The van der Waals surface area contributed by atoms with E-state index >= 15 is 0 Å². The summed E-state index contributed by atoms with van der Waals surface area (Å²) in [5, 5.41) is 7.96. The number of aromatic amines is 1. The third kappa shape index (κ3) is 3.26. The molecule has 0 aliphatic rings. The van der Waals surface area contributed by atoms with Crippen LogP contribution in [0.4, 0.5) is 26.3 Å². The molecule has 2 N–H and O–H groups in total. The number of carboxylic acids is 1. The van der Waals surface area contributed by atoms with Gasteiger partial charge in [-0.15, -0.1) is 0 Å². The highest BCUT2D eigenvalue weighted by Crippen LogP contribution is 2.36. The number of benzene rings is 1. The number of H-pyrrole nitrogens is 1. The minimum atomic E-state index is -5.33. The van der Waals surface area contributed by atoms with E-state index in [0.717, 1.165) is 12.1 Å². The molecule has 0 spiro atoms. The fourth-order valence-corrected chi connectivity index (χ4v) is 1.96. The summed E-state index contributed by atoms with van der Waals surface area (Å²) in [6.45, 7) is 0. The molecule has 4 nitrogen and oxygen atoms in total. The van der Waals surface area contributed by atoms with Gasteiger partial charge in [-0.2, -0.15) is 26.3 Å². The summed E-state index contributed by atoms with van der Waals surface area (Å²) in [6.07, 6.45) is -10.4. The monoisotopic (exact) mass is 360 g/mol. The number of alkyl halides is 6. The Balaban J connectivity index is 0.00000264. The standard InChI is InChI=1S/C12H5F6NO3.ClH/c13-11(14,15)5-3-1-2-4-7(5)19-9(12(16,17)18)6(8(4)20)10(21)22;/h1-3H,(H,19,20)(H,21,22);1H/p-1. The van der Waals surface area contributed by atoms with Crippen LogP contribution in [-0.2, 0) is 12.4 Å². The van der Waals surface area contributed by atoms with E-state index in [1.54, 1.807) is 0 Å². The molecular weight excluding hydrogens is 356 g/mol. The Morgan fingerprint density at radius 1 is 1.04 bits per heavy atom. The Bertz CT molecular complexity index is 824. The zero-order valence-electron chi connectivity index (χ0n) is 10.6. The van der Waals surface area contributed by atoms with Gasteiger partial charge in [-0.05, 0) is 12.1 Å². The van der Waals surface area contributed by atoms with Gasteiger partial charge < -0.3 is 22.5 Å². The molecule has 11 heteroatoms. The first kappa shape index (κ1) is 18.8. The molecule has 2 rings (SSSR count). The predicted molar refractivity (Wildman–Crippen MR) is 61.5 cm³/mol. The van der Waals surface area contributed by atoms with Crippen molar-refractivity contribution in [3.8, 4) is 0 Å². The minimum absolute atomic E-state index is 0. The summed E-state index contributed by atoms with van der Waals surface area (Å²) in [5.74, 6) is -2.19. The van der Waals surface area contributed by atoms with Crippen molar-refractivity contribution in [3.63, 3.8) is 0 Å². The number of aromatic carboxylic acids is 1. The number of pyridine rings is 1. The smallest absolute Gasteiger partial charge is 0.432 e. The Morgan fingerprint density at radius 2 is 1.61 bits per heavy atom. The third-order valence-electron chi connectivity index (χ3n) is 2.84. The molecule has 0 fully saturated rings. The van der Waals surface area contributed by atoms with Gasteiger partial charge in [0.15, 0.2) is 0 Å². The van der Waals surface area contributed by atoms with Gasteiger partial charge in [0.05, 0.1) is 11.1 Å². The second-order valence-electron chi connectivity index (χ2n) is 4.23. The van der Waals surface area contributed by atoms with E-state index in [9.17, 15) is 35.9 Å². The van der Waals surface area contributed by atoms with Crippen LogP contribution in [0.1, 0.15) is 21.6 Å². The van der Waals surface area contributed by atoms with E-state index in [-0.39, 0.29) is 12.4 Å². The van der Waals surface area contributed by atoms with Crippen molar-refractivity contribution in [2.45, 2.75) is 12.4 Å². The van der Waals surface area contributed by atoms with E-state index in [2.05, 4.69) is 0 Å². The van der Waals surface area contributed by atoms with Crippen molar-refractivity contribution in [2.24, 2.45) is 0 Å². The lowest BCUT2D eigenvalue weighted by Gasteiger charge is -2.15. The average molecular weight is 361 g/mol. The van der Waals surface area contributed by atoms with Crippen LogP contribution in [-0.4, -0.2) is 16.1 Å². The van der Waals surface area contributed by atoms with Crippen LogP contribution >= 0.6 is 0 Å². The van der Waals surface area contributed by atoms with Crippen molar-refractivity contribution in [1.29, 1.82) is 0 Å². The van der Waals surface area contributed by atoms with Crippen LogP contribution in [0.5, 0.6) is 0 Å². The van der Waals surface area contributed by atoms with E-state index in [4.69, 9.17) is 5.11 Å². The number of nitrogens with one attached hydrogen (secondary N) is 1. The summed E-state index contributed by atoms with van der Waals surface area (Å²) in [7, 11) is 0. The third-order valence-corrected chi connectivity index (χ3v) is 2.84. The normalized spacial score (nSPS) is 12.1. The van der Waals surface area contributed by atoms with Crippen LogP contribution < -0.4 is 17.8 Å². The number of halogens is 7. The Hall–Kier alpha value is -2.23. The Kier molecular flexibility index (Phi) is 4.71. The van der Waals surface area contributed by atoms with Crippen molar-refractivity contribution >= 4 is 16.9 Å². The topological polar surface area (TPSA) is 70.2 Å². The molecule has 0 aliphatic heterocycles. The van der Waals surface area contributed by atoms with Gasteiger partial charge in [-0.3, -0.25) is 4.79 Å². The molecular formula is C12H5ClF6NO3-. The molecule has 1 heterocycles. The molecule has 0 amide bonds. The number of carbonyl (C=O) groups is 1. The fraction of sp³-hybridized carbons (Fsp3) is 0.167. The highest BCUT2D eigenvalue weighted by molar-refractivity contribution is 5.94. The van der Waals surface area contributed by atoms with Gasteiger partial charge in [0, 0.05) is 5.39 Å². The first-order valence-corrected chi connectivity index (χ1v) is 5.51. The van der Waals surface area contributed by atoms with Crippen molar-refractivity contribution < 1.29 is 48.7 Å². The molecule has 0 atom stereocenters. The number of para-hydroxylation sites is 1. The van der Waals surface area contributed by atoms with Crippen LogP contribution in [0.2, 0.25) is 0 Å². The van der Waals surface area contributed by atoms with Crippen LogP contribution in [0.3, 0.4) is 0 Å². The maximum Gasteiger partial charge on any atom is 0.432 e. The van der Waals surface area contributed by atoms with Crippen molar-refractivity contribution in [2.75, 3.05) is 0 Å². The first-order chi connectivity index (χ1) is 9.94. The van der Waals surface area contributed by atoms with E-state index in [1.807, 2.05) is 0 Å². The summed E-state index contributed by atoms with van der Waals surface area (Å²) in [4.78, 5) is 24.1. The van der Waals surface area contributed by atoms with Gasteiger partial charge in [0.2, 0.25) is 5.43 Å². The second-order valence-corrected chi connectivity index (χ2v) is 4.23. The number of hydrogen-bond acceptors (Lipinski definition) is 2. The maximum atomic E-state index is 12.8. The maximum absolute atomic E-state index is 12.8. The molecule has 23 heavy (non-hydrogen) atoms. The van der Waals surface area contributed by atoms with E-state index in [1.165, 1.54) is 4.98 Å². The summed E-state index contributed by atoms with van der Waals surface area (Å²) >= 11 is 0. The highest BCUT2D eigenvalue weighted by atomic mass is 35.5. The van der Waals surface area contributed by atoms with Gasteiger partial charge in [-0.1, -0.05) is 6.07 Å². The molecule has 1 aromatic heterocycles. The van der Waals surface area contributed by atoms with Gasteiger partial charge in [0.25, 0.3) is 0 Å². The molecule has 0 saturated carbocycles. The molecule has 126 valence electrons. The van der Waals surface area contributed by atoms with Gasteiger partial charge >= 0.3 is 18.3 Å². The zero-order chi connectivity index (χ0) is 16.9. The van der Waals surface area contributed by atoms with Crippen LogP contribution in [0.25, 0.3) is 10.9 Å². The van der Waals surface area contributed by atoms with Crippen molar-refractivity contribution in [3.05, 3.63) is 45.2 Å². The SMILES string of the molecule is O=C(O)c1c(C(F)(F)F)[nH]c2c(C(F)(F)F)cccc2c1=O.[Cl-]. The molecule has 0 saturated heterocycles. The number of aromatic nitrogens is 1. The Labute approximate surface area is 129 Å². The minimum Gasteiger partial charge on any atom is -1.00 e. The molecule has 1 aromatic carbocycles. The molecule has 0 aliphatic carbocycles. The average Bonchev–Trinajstić information content (AvgIpc) is 2.35. The molecule has 0 bridgehead atoms. The van der Waals surface area contributed by atoms with E-state index in [0.29, 0.717) is 6.07 Å². The quantitative estimate of drug-likeness (QED) is 0.717. The number of hydrogen-bond donors (Lipinski definition) is 2. The summed E-state index contributed by atoms with van der Waals surface area (Å²) < 4.78 is 76.9. The van der Waals surface area contributed by atoms with Crippen molar-refractivity contribution in [1.82, 2.24) is 4.98 Å². The van der Waals surface area contributed by atoms with Crippen LogP contribution in [0.15, 0.2) is 23.0 Å². The molecule has 0 radical (unpaired) electrons. The predicted octanol–water partition coefficient (Wildman–Crippen LogP) is 0.268. The lowest BCUT2D eigenvalue weighted by atomic mass is 10.0. The lowest BCUT2D eigenvalue weighted by Crippen LogP contribution is -3.00. The number of fused-ring (bicyclic) bond motifs is 1. The number of rotatable bonds is 1. The first-order valence-electron chi connectivity index (χ1n) is 5.51. The fourth-order valence-electron chi connectivity index (χ4n) is 1.96. The van der Waals surface area contributed by atoms with Gasteiger partial charge in [0.1, 0.15) is 11.3 Å². The summed E-state index contributed by atoms with van der Waals surface area (Å²) in [5.41, 5.74) is -7.94. The highest BCUT2D eigenvalue weighted by Gasteiger charge is 2.40.